The van der Waals surface area contributed by atoms with E-state index in [9.17, 15) is 9.59 Å². The highest BCUT2D eigenvalue weighted by molar-refractivity contribution is 6.01. The highest BCUT2D eigenvalue weighted by Crippen LogP contribution is 2.28. The Morgan fingerprint density at radius 3 is 2.60 bits per heavy atom. The highest BCUT2D eigenvalue weighted by Gasteiger charge is 2.38. The Morgan fingerprint density at radius 1 is 1.12 bits per heavy atom. The molecule has 1 amide bonds. The number of carbonyl (C=O) groups is 2. The van der Waals surface area contributed by atoms with E-state index in [1.165, 1.54) is 7.11 Å². The molecular formula is C20H18N2O3. The molecule has 1 aromatic heterocycles. The van der Waals surface area contributed by atoms with Crippen molar-refractivity contribution in [1.29, 1.82) is 0 Å². The fourth-order valence-electron chi connectivity index (χ4n) is 3.44. The molecule has 5 heteroatoms. The summed E-state index contributed by atoms with van der Waals surface area (Å²) in [6, 6.07) is 18.7. The predicted octanol–water partition coefficient (Wildman–Crippen LogP) is 2.84. The minimum atomic E-state index is -0.638. The van der Waals surface area contributed by atoms with E-state index in [2.05, 4.69) is 0 Å². The molecule has 0 aliphatic carbocycles. The average molecular weight is 334 g/mol. The van der Waals surface area contributed by atoms with E-state index in [0.29, 0.717) is 18.8 Å². The van der Waals surface area contributed by atoms with Gasteiger partial charge in [0.05, 0.1) is 13.7 Å². The number of methoxy groups -OCH3 is 1. The number of ether oxygens (including phenoxy) is 1. The van der Waals surface area contributed by atoms with Crippen molar-refractivity contribution in [3.8, 4) is 0 Å². The largest absolute Gasteiger partial charge is 0.467 e. The third-order valence-electron chi connectivity index (χ3n) is 4.69. The second-order valence-electron chi connectivity index (χ2n) is 6.16. The molecule has 5 nitrogen and oxygen atoms in total. The summed E-state index contributed by atoms with van der Waals surface area (Å²) in [4.78, 5) is 27.1. The maximum Gasteiger partial charge on any atom is 0.330 e. The van der Waals surface area contributed by atoms with Crippen LogP contribution in [0, 0.1) is 0 Å². The van der Waals surface area contributed by atoms with Crippen molar-refractivity contribution >= 4 is 22.8 Å². The van der Waals surface area contributed by atoms with Crippen molar-refractivity contribution in [2.24, 2.45) is 0 Å². The van der Waals surface area contributed by atoms with Crippen LogP contribution in [0.5, 0.6) is 0 Å². The Balaban J connectivity index is 1.79. The van der Waals surface area contributed by atoms with Crippen LogP contribution in [-0.2, 0) is 22.6 Å². The number of rotatable bonds is 3. The zero-order chi connectivity index (χ0) is 17.4. The third kappa shape index (κ3) is 2.58. The molecule has 126 valence electrons. The zero-order valence-corrected chi connectivity index (χ0v) is 13.9. The Kier molecular flexibility index (Phi) is 3.76. The molecule has 0 fully saturated rings. The standard InChI is InChI=1S/C20H18N2O3/c1-25-20(24)18-13-21-16-10-6-5-9-15(16)11-17(21)19(23)22(18)12-14-7-3-2-4-8-14/h2-11,18H,12-13H2,1H3. The quantitative estimate of drug-likeness (QED) is 0.692. The zero-order valence-electron chi connectivity index (χ0n) is 13.9. The van der Waals surface area contributed by atoms with Crippen LogP contribution in [0.3, 0.4) is 0 Å². The van der Waals surface area contributed by atoms with Crippen molar-refractivity contribution in [2.75, 3.05) is 7.11 Å². The first-order chi connectivity index (χ1) is 12.2. The second-order valence-corrected chi connectivity index (χ2v) is 6.16. The molecule has 1 atom stereocenters. The topological polar surface area (TPSA) is 51.5 Å². The lowest BCUT2D eigenvalue weighted by molar-refractivity contribution is -0.147. The van der Waals surface area contributed by atoms with Crippen LogP contribution in [0.4, 0.5) is 0 Å². The number of amides is 1. The van der Waals surface area contributed by atoms with Crippen LogP contribution in [0.1, 0.15) is 16.1 Å². The minimum Gasteiger partial charge on any atom is -0.467 e. The van der Waals surface area contributed by atoms with Gasteiger partial charge in [0, 0.05) is 17.4 Å². The van der Waals surface area contributed by atoms with E-state index in [-0.39, 0.29) is 5.91 Å². The van der Waals surface area contributed by atoms with Crippen LogP contribution in [0.2, 0.25) is 0 Å². The summed E-state index contributed by atoms with van der Waals surface area (Å²) < 4.78 is 6.88. The SMILES string of the molecule is COC(=O)C1Cn2c(cc3ccccc32)C(=O)N1Cc1ccccc1. The molecule has 4 rings (SSSR count). The van der Waals surface area contributed by atoms with E-state index in [1.807, 2.05) is 65.2 Å². The lowest BCUT2D eigenvalue weighted by Gasteiger charge is -2.35. The van der Waals surface area contributed by atoms with Gasteiger partial charge in [-0.3, -0.25) is 4.79 Å². The lowest BCUT2D eigenvalue weighted by atomic mass is 10.1. The molecule has 2 aromatic carbocycles. The Hall–Kier alpha value is -3.08. The van der Waals surface area contributed by atoms with Crippen LogP contribution in [0.15, 0.2) is 60.7 Å². The molecular weight excluding hydrogens is 316 g/mol. The third-order valence-corrected chi connectivity index (χ3v) is 4.69. The number of fused-ring (bicyclic) bond motifs is 3. The molecule has 0 radical (unpaired) electrons. The van der Waals surface area contributed by atoms with Crippen molar-refractivity contribution in [1.82, 2.24) is 9.47 Å². The average Bonchev–Trinajstić information content (AvgIpc) is 3.03. The minimum absolute atomic E-state index is 0.151. The predicted molar refractivity (Wildman–Crippen MR) is 94.1 cm³/mol. The summed E-state index contributed by atoms with van der Waals surface area (Å²) in [7, 11) is 1.36. The molecule has 1 unspecified atom stereocenters. The van der Waals surface area contributed by atoms with E-state index in [0.717, 1.165) is 16.5 Å². The van der Waals surface area contributed by atoms with Gasteiger partial charge < -0.3 is 14.2 Å². The summed E-state index contributed by atoms with van der Waals surface area (Å²) in [6.45, 7) is 0.773. The van der Waals surface area contributed by atoms with E-state index >= 15 is 0 Å². The molecule has 25 heavy (non-hydrogen) atoms. The second kappa shape index (κ2) is 6.09. The van der Waals surface area contributed by atoms with Crippen LogP contribution >= 0.6 is 0 Å². The molecule has 0 bridgehead atoms. The molecule has 0 saturated heterocycles. The number of nitrogens with zero attached hydrogens (tertiary/aromatic N) is 2. The number of esters is 1. The summed E-state index contributed by atoms with van der Waals surface area (Å²) >= 11 is 0. The monoisotopic (exact) mass is 334 g/mol. The van der Waals surface area contributed by atoms with E-state index < -0.39 is 12.0 Å². The Morgan fingerprint density at radius 2 is 1.84 bits per heavy atom. The molecule has 0 spiro atoms. The number of hydrogen-bond acceptors (Lipinski definition) is 3. The summed E-state index contributed by atoms with van der Waals surface area (Å²) in [5.41, 5.74) is 2.55. The fraction of sp³-hybridized carbons (Fsp3) is 0.200. The van der Waals surface area contributed by atoms with Gasteiger partial charge in [0.2, 0.25) is 0 Å². The summed E-state index contributed by atoms with van der Waals surface area (Å²) in [5, 5.41) is 0.996. The normalized spacial score (nSPS) is 16.8. The summed E-state index contributed by atoms with van der Waals surface area (Å²) in [6.07, 6.45) is 0. The van der Waals surface area contributed by atoms with Gasteiger partial charge >= 0.3 is 5.97 Å². The number of para-hydroxylation sites is 1. The first-order valence-corrected chi connectivity index (χ1v) is 8.20. The maximum atomic E-state index is 13.1. The first-order valence-electron chi connectivity index (χ1n) is 8.20. The molecule has 1 aliphatic heterocycles. The highest BCUT2D eigenvalue weighted by atomic mass is 16.5. The number of benzene rings is 2. The van der Waals surface area contributed by atoms with Crippen molar-refractivity contribution in [3.63, 3.8) is 0 Å². The molecule has 1 aliphatic rings. The Labute approximate surface area is 145 Å². The van der Waals surface area contributed by atoms with Gasteiger partial charge in [0.1, 0.15) is 11.7 Å². The van der Waals surface area contributed by atoms with E-state index in [1.54, 1.807) is 4.90 Å². The van der Waals surface area contributed by atoms with Crippen LogP contribution < -0.4 is 0 Å². The van der Waals surface area contributed by atoms with Gasteiger partial charge in [-0.15, -0.1) is 0 Å². The van der Waals surface area contributed by atoms with Gasteiger partial charge in [0.15, 0.2) is 0 Å². The van der Waals surface area contributed by atoms with Gasteiger partial charge in [-0.2, -0.15) is 0 Å². The molecule has 0 N–H and O–H groups in total. The van der Waals surface area contributed by atoms with E-state index in [4.69, 9.17) is 4.74 Å². The number of hydrogen-bond donors (Lipinski definition) is 0. The van der Waals surface area contributed by atoms with Crippen LogP contribution in [-0.4, -0.2) is 34.5 Å². The molecule has 2 heterocycles. The number of aromatic nitrogens is 1. The fourth-order valence-corrected chi connectivity index (χ4v) is 3.44. The van der Waals surface area contributed by atoms with Crippen molar-refractivity contribution < 1.29 is 14.3 Å². The van der Waals surface area contributed by atoms with Gasteiger partial charge in [-0.1, -0.05) is 48.5 Å². The first kappa shape index (κ1) is 15.4. The number of carbonyl (C=O) groups excluding carboxylic acids is 2. The Bertz CT molecular complexity index is 946. The van der Waals surface area contributed by atoms with Crippen molar-refractivity contribution in [2.45, 2.75) is 19.1 Å². The van der Waals surface area contributed by atoms with Crippen molar-refractivity contribution in [3.05, 3.63) is 71.9 Å². The molecule has 3 aromatic rings. The van der Waals surface area contributed by atoms with Gasteiger partial charge in [-0.25, -0.2) is 4.79 Å². The van der Waals surface area contributed by atoms with Gasteiger partial charge in [-0.05, 0) is 17.7 Å². The molecule has 0 saturated carbocycles. The maximum absolute atomic E-state index is 13.1. The summed E-state index contributed by atoms with van der Waals surface area (Å²) in [5.74, 6) is -0.547. The van der Waals surface area contributed by atoms with Crippen LogP contribution in [0.25, 0.3) is 10.9 Å². The van der Waals surface area contributed by atoms with Gasteiger partial charge in [0.25, 0.3) is 5.91 Å². The lowest BCUT2D eigenvalue weighted by Crippen LogP contribution is -2.51. The smallest absolute Gasteiger partial charge is 0.330 e.